The summed E-state index contributed by atoms with van der Waals surface area (Å²) in [6.07, 6.45) is 13.1. The van der Waals surface area contributed by atoms with Crippen LogP contribution in [0.15, 0.2) is 64.6 Å². The molecule has 2 aliphatic rings. The number of allylic oxidation sites excluding steroid dienone is 5. The third kappa shape index (κ3) is 2.09. The quantitative estimate of drug-likeness (QED) is 0.719. The van der Waals surface area contributed by atoms with Crippen molar-refractivity contribution in [3.05, 3.63) is 77.1 Å². The van der Waals surface area contributed by atoms with Crippen LogP contribution in [0.5, 0.6) is 0 Å². The van der Waals surface area contributed by atoms with Crippen molar-refractivity contribution in [1.29, 1.82) is 0 Å². The molecule has 1 atom stereocenters. The Kier molecular flexibility index (Phi) is 2.92. The van der Waals surface area contributed by atoms with E-state index in [4.69, 9.17) is 4.42 Å². The second-order valence-electron chi connectivity index (χ2n) is 5.73. The van der Waals surface area contributed by atoms with Crippen molar-refractivity contribution in [3.8, 4) is 11.3 Å². The first-order chi connectivity index (χ1) is 10.3. The number of fused-ring (bicyclic) bond motifs is 3. The van der Waals surface area contributed by atoms with E-state index >= 15 is 0 Å². The van der Waals surface area contributed by atoms with Gasteiger partial charge in [0.25, 0.3) is 0 Å². The summed E-state index contributed by atoms with van der Waals surface area (Å²) < 4.78 is 5.94. The lowest BCUT2D eigenvalue weighted by Gasteiger charge is -2.12. The maximum Gasteiger partial charge on any atom is 0.134 e. The molecule has 1 aromatic carbocycles. The molecule has 0 spiro atoms. The fourth-order valence-corrected chi connectivity index (χ4v) is 3.21. The molecule has 104 valence electrons. The van der Waals surface area contributed by atoms with E-state index < -0.39 is 0 Å². The molecule has 2 aromatic rings. The Bertz CT molecular complexity index is 771. The van der Waals surface area contributed by atoms with Crippen LogP contribution in [-0.4, -0.2) is 0 Å². The van der Waals surface area contributed by atoms with Gasteiger partial charge in [-0.05, 0) is 41.3 Å². The minimum absolute atomic E-state index is 0.436. The standard InChI is InChI=1S/C20H18O/c1-2-5-17-9-11-20(21-17)15-8-10-19-16(13-15)12-14-6-3-4-7-18(14)19/h3-4,6-13,18H,2,5H2,1H3. The van der Waals surface area contributed by atoms with E-state index in [0.29, 0.717) is 5.92 Å². The molecule has 0 bridgehead atoms. The van der Waals surface area contributed by atoms with Crippen LogP contribution >= 0.6 is 0 Å². The minimum atomic E-state index is 0.436. The smallest absolute Gasteiger partial charge is 0.134 e. The summed E-state index contributed by atoms with van der Waals surface area (Å²) in [6, 6.07) is 10.8. The zero-order valence-corrected chi connectivity index (χ0v) is 12.2. The van der Waals surface area contributed by atoms with Crippen LogP contribution in [-0.2, 0) is 6.42 Å². The Morgan fingerprint density at radius 3 is 2.95 bits per heavy atom. The summed E-state index contributed by atoms with van der Waals surface area (Å²) in [6.45, 7) is 2.17. The highest BCUT2D eigenvalue weighted by Gasteiger charge is 2.23. The predicted molar refractivity (Wildman–Crippen MR) is 87.1 cm³/mol. The molecule has 0 saturated carbocycles. The molecule has 4 rings (SSSR count). The summed E-state index contributed by atoms with van der Waals surface area (Å²) in [5.74, 6) is 2.48. The molecule has 0 radical (unpaired) electrons. The van der Waals surface area contributed by atoms with E-state index in [1.54, 1.807) is 0 Å². The van der Waals surface area contributed by atoms with Crippen molar-refractivity contribution in [1.82, 2.24) is 0 Å². The molecular formula is C20H18O. The van der Waals surface area contributed by atoms with Gasteiger partial charge in [0.1, 0.15) is 11.5 Å². The number of benzene rings is 1. The first-order valence-corrected chi connectivity index (χ1v) is 7.64. The van der Waals surface area contributed by atoms with E-state index in [1.807, 2.05) is 0 Å². The fraction of sp³-hybridized carbons (Fsp3) is 0.200. The van der Waals surface area contributed by atoms with Gasteiger partial charge >= 0.3 is 0 Å². The van der Waals surface area contributed by atoms with Gasteiger partial charge in [-0.1, -0.05) is 49.4 Å². The van der Waals surface area contributed by atoms with Crippen molar-refractivity contribution < 1.29 is 4.42 Å². The van der Waals surface area contributed by atoms with Gasteiger partial charge in [-0.15, -0.1) is 0 Å². The van der Waals surface area contributed by atoms with Crippen LogP contribution in [0.2, 0.25) is 0 Å². The lowest BCUT2D eigenvalue weighted by Crippen LogP contribution is -1.95. The third-order valence-corrected chi connectivity index (χ3v) is 4.25. The molecule has 1 heteroatoms. The number of aryl methyl sites for hydroxylation is 1. The van der Waals surface area contributed by atoms with Crippen molar-refractivity contribution in [3.63, 3.8) is 0 Å². The van der Waals surface area contributed by atoms with Crippen LogP contribution in [0.4, 0.5) is 0 Å². The number of furan rings is 1. The lowest BCUT2D eigenvalue weighted by atomic mass is 9.92. The van der Waals surface area contributed by atoms with Gasteiger partial charge in [0.15, 0.2) is 0 Å². The maximum atomic E-state index is 5.94. The molecule has 0 saturated heterocycles. The predicted octanol–water partition coefficient (Wildman–Crippen LogP) is 5.51. The van der Waals surface area contributed by atoms with Crippen LogP contribution < -0.4 is 0 Å². The van der Waals surface area contributed by atoms with Crippen LogP contribution in [0.25, 0.3) is 17.4 Å². The van der Waals surface area contributed by atoms with Gasteiger partial charge in [-0.2, -0.15) is 0 Å². The van der Waals surface area contributed by atoms with Gasteiger partial charge in [-0.25, -0.2) is 0 Å². The summed E-state index contributed by atoms with van der Waals surface area (Å²) >= 11 is 0. The van der Waals surface area contributed by atoms with E-state index in [2.05, 4.69) is 67.6 Å². The third-order valence-electron chi connectivity index (χ3n) is 4.25. The van der Waals surface area contributed by atoms with Gasteiger partial charge in [-0.3, -0.25) is 0 Å². The summed E-state index contributed by atoms with van der Waals surface area (Å²) in [7, 11) is 0. The number of rotatable bonds is 3. The van der Waals surface area contributed by atoms with Crippen LogP contribution in [0.1, 0.15) is 36.1 Å². The number of hydrogen-bond acceptors (Lipinski definition) is 1. The number of hydrogen-bond donors (Lipinski definition) is 0. The normalized spacial score (nSPS) is 18.5. The van der Waals surface area contributed by atoms with Crippen LogP contribution in [0.3, 0.4) is 0 Å². The molecule has 0 aliphatic heterocycles. The average molecular weight is 274 g/mol. The Morgan fingerprint density at radius 1 is 1.10 bits per heavy atom. The summed E-state index contributed by atoms with van der Waals surface area (Å²) in [5.41, 5.74) is 5.27. The first kappa shape index (κ1) is 12.5. The highest BCUT2D eigenvalue weighted by atomic mass is 16.3. The Morgan fingerprint density at radius 2 is 2.05 bits per heavy atom. The van der Waals surface area contributed by atoms with Crippen LogP contribution in [0, 0.1) is 0 Å². The summed E-state index contributed by atoms with van der Waals surface area (Å²) in [4.78, 5) is 0. The van der Waals surface area contributed by atoms with E-state index in [1.165, 1.54) is 22.3 Å². The van der Waals surface area contributed by atoms with Gasteiger partial charge in [0.05, 0.1) is 0 Å². The molecule has 0 N–H and O–H groups in total. The van der Waals surface area contributed by atoms with E-state index in [9.17, 15) is 0 Å². The van der Waals surface area contributed by atoms with Crippen molar-refractivity contribution >= 4 is 6.08 Å². The van der Waals surface area contributed by atoms with Crippen molar-refractivity contribution in [2.75, 3.05) is 0 Å². The molecule has 0 fully saturated rings. The molecule has 0 amide bonds. The van der Waals surface area contributed by atoms with Gasteiger partial charge < -0.3 is 4.42 Å². The molecule has 1 nitrogen and oxygen atoms in total. The average Bonchev–Trinajstić information content (AvgIpc) is 3.11. The maximum absolute atomic E-state index is 5.94. The van der Waals surface area contributed by atoms with Crippen molar-refractivity contribution in [2.24, 2.45) is 0 Å². The molecule has 1 aromatic heterocycles. The SMILES string of the molecule is CCCc1ccc(-c2ccc3c(c2)C=C2C=CC=CC23)o1. The highest BCUT2D eigenvalue weighted by Crippen LogP contribution is 2.41. The minimum Gasteiger partial charge on any atom is -0.461 e. The van der Waals surface area contributed by atoms with Crippen molar-refractivity contribution in [2.45, 2.75) is 25.7 Å². The highest BCUT2D eigenvalue weighted by molar-refractivity contribution is 5.75. The Hall–Kier alpha value is -2.28. The monoisotopic (exact) mass is 274 g/mol. The molecule has 1 heterocycles. The Balaban J connectivity index is 1.71. The van der Waals surface area contributed by atoms with E-state index in [0.717, 1.165) is 24.4 Å². The van der Waals surface area contributed by atoms with E-state index in [-0.39, 0.29) is 0 Å². The first-order valence-electron chi connectivity index (χ1n) is 7.64. The lowest BCUT2D eigenvalue weighted by molar-refractivity contribution is 0.519. The molecular weight excluding hydrogens is 256 g/mol. The zero-order chi connectivity index (χ0) is 14.2. The second kappa shape index (κ2) is 4.92. The topological polar surface area (TPSA) is 13.1 Å². The summed E-state index contributed by atoms with van der Waals surface area (Å²) in [5, 5.41) is 0. The fourth-order valence-electron chi connectivity index (χ4n) is 3.21. The second-order valence-corrected chi connectivity index (χ2v) is 5.73. The van der Waals surface area contributed by atoms with Gasteiger partial charge in [0.2, 0.25) is 0 Å². The largest absolute Gasteiger partial charge is 0.461 e. The zero-order valence-electron chi connectivity index (χ0n) is 12.2. The molecule has 2 aliphatic carbocycles. The molecule has 21 heavy (non-hydrogen) atoms. The van der Waals surface area contributed by atoms with Gasteiger partial charge in [0, 0.05) is 17.9 Å². The Labute approximate surface area is 125 Å². The molecule has 1 unspecified atom stereocenters.